The molecule has 3 aromatic carbocycles. The summed E-state index contributed by atoms with van der Waals surface area (Å²) in [7, 11) is 0. The van der Waals surface area contributed by atoms with Gasteiger partial charge in [0.2, 0.25) is 11.8 Å². The minimum atomic E-state index is -0.491. The van der Waals surface area contributed by atoms with Crippen LogP contribution in [0.2, 0.25) is 5.02 Å². The van der Waals surface area contributed by atoms with E-state index in [-0.39, 0.29) is 17.5 Å². The number of nitro benzene ring substituents is 1. The van der Waals surface area contributed by atoms with E-state index in [2.05, 4.69) is 10.3 Å². The summed E-state index contributed by atoms with van der Waals surface area (Å²) in [5.74, 6) is -0.0766. The van der Waals surface area contributed by atoms with Crippen LogP contribution < -0.4 is 5.32 Å². The van der Waals surface area contributed by atoms with Crippen molar-refractivity contribution in [3.05, 3.63) is 93.5 Å². The Bertz CT molecular complexity index is 1280. The fourth-order valence-corrected chi connectivity index (χ4v) is 2.97. The van der Waals surface area contributed by atoms with Gasteiger partial charge in [0.15, 0.2) is 5.58 Å². The number of halogens is 1. The lowest BCUT2D eigenvalue weighted by molar-refractivity contribution is -0.384. The zero-order valence-electron chi connectivity index (χ0n) is 15.4. The van der Waals surface area contributed by atoms with Crippen LogP contribution >= 0.6 is 11.6 Å². The van der Waals surface area contributed by atoms with Crippen LogP contribution in [0.5, 0.6) is 0 Å². The number of hydrogen-bond acceptors (Lipinski definition) is 5. The zero-order chi connectivity index (χ0) is 21.1. The third kappa shape index (κ3) is 4.21. The number of non-ortho nitro benzene ring substituents is 1. The van der Waals surface area contributed by atoms with Crippen molar-refractivity contribution < 1.29 is 14.1 Å². The van der Waals surface area contributed by atoms with Gasteiger partial charge < -0.3 is 9.73 Å². The first kappa shape index (κ1) is 19.4. The van der Waals surface area contributed by atoms with Gasteiger partial charge in [0.05, 0.1) is 16.2 Å². The van der Waals surface area contributed by atoms with Gasteiger partial charge >= 0.3 is 0 Å². The van der Waals surface area contributed by atoms with Crippen molar-refractivity contribution in [1.82, 2.24) is 4.98 Å². The van der Waals surface area contributed by atoms with Crippen LogP contribution in [-0.4, -0.2) is 15.8 Å². The molecule has 0 saturated carbocycles. The van der Waals surface area contributed by atoms with Crippen LogP contribution in [0.4, 0.5) is 11.4 Å². The Balaban J connectivity index is 1.59. The van der Waals surface area contributed by atoms with E-state index in [1.54, 1.807) is 54.6 Å². The lowest BCUT2D eigenvalue weighted by Crippen LogP contribution is -2.08. The molecule has 1 heterocycles. The SMILES string of the molecule is O=C(C=Cc1ccc(Cl)cc1)Nc1ccccc1-c1nc2cc([N+](=O)[O-])ccc2o1. The van der Waals surface area contributed by atoms with E-state index in [4.69, 9.17) is 16.0 Å². The summed E-state index contributed by atoms with van der Waals surface area (Å²) in [6.45, 7) is 0. The minimum absolute atomic E-state index is 0.0729. The number of benzene rings is 3. The van der Waals surface area contributed by atoms with Crippen LogP contribution in [0, 0.1) is 10.1 Å². The Morgan fingerprint density at radius 1 is 1.10 bits per heavy atom. The predicted octanol–water partition coefficient (Wildman–Crippen LogP) is 5.71. The van der Waals surface area contributed by atoms with Crippen LogP contribution in [0.15, 0.2) is 77.2 Å². The van der Waals surface area contributed by atoms with E-state index in [1.807, 2.05) is 0 Å². The van der Waals surface area contributed by atoms with Gasteiger partial charge in [-0.25, -0.2) is 4.98 Å². The van der Waals surface area contributed by atoms with E-state index in [0.717, 1.165) is 5.56 Å². The molecule has 0 aliphatic rings. The molecule has 0 bridgehead atoms. The van der Waals surface area contributed by atoms with Gasteiger partial charge in [-0.2, -0.15) is 0 Å². The average Bonchev–Trinajstić information content (AvgIpc) is 3.17. The number of oxazole rings is 1. The second-order valence-corrected chi connectivity index (χ2v) is 6.78. The van der Waals surface area contributed by atoms with E-state index in [1.165, 1.54) is 24.3 Å². The van der Waals surface area contributed by atoms with Gasteiger partial charge in [0.25, 0.3) is 5.69 Å². The highest BCUT2D eigenvalue weighted by Gasteiger charge is 2.15. The van der Waals surface area contributed by atoms with Crippen LogP contribution in [0.1, 0.15) is 5.56 Å². The zero-order valence-corrected chi connectivity index (χ0v) is 16.2. The Morgan fingerprint density at radius 3 is 2.63 bits per heavy atom. The standard InChI is InChI=1S/C22H14ClN3O4/c23-15-8-5-14(6-9-15)7-12-21(27)24-18-4-2-1-3-17(18)22-25-19-13-16(26(28)29)10-11-20(19)30-22/h1-13H,(H,24,27). The summed E-state index contributed by atoms with van der Waals surface area (Å²) in [6, 6.07) is 18.3. The molecule has 8 heteroatoms. The fourth-order valence-electron chi connectivity index (χ4n) is 2.84. The number of nitrogens with zero attached hydrogens (tertiary/aromatic N) is 2. The largest absolute Gasteiger partial charge is 0.436 e. The number of carbonyl (C=O) groups is 1. The summed E-state index contributed by atoms with van der Waals surface area (Å²) < 4.78 is 5.74. The fraction of sp³-hybridized carbons (Fsp3) is 0. The maximum Gasteiger partial charge on any atom is 0.271 e. The number of aromatic nitrogens is 1. The molecule has 0 aliphatic heterocycles. The van der Waals surface area contributed by atoms with Gasteiger partial charge in [-0.3, -0.25) is 14.9 Å². The number of carbonyl (C=O) groups excluding carboxylic acids is 1. The third-order valence-corrected chi connectivity index (χ3v) is 4.55. The number of anilines is 1. The van der Waals surface area contributed by atoms with Gasteiger partial charge in [-0.1, -0.05) is 35.9 Å². The highest BCUT2D eigenvalue weighted by atomic mass is 35.5. The lowest BCUT2D eigenvalue weighted by Gasteiger charge is -2.06. The normalized spacial score (nSPS) is 11.1. The Labute approximate surface area is 175 Å². The molecule has 1 amide bonds. The molecule has 0 atom stereocenters. The van der Waals surface area contributed by atoms with Gasteiger partial charge in [0.1, 0.15) is 5.52 Å². The second kappa shape index (κ2) is 8.18. The maximum atomic E-state index is 12.4. The molecule has 1 aromatic heterocycles. The average molecular weight is 420 g/mol. The lowest BCUT2D eigenvalue weighted by atomic mass is 10.1. The van der Waals surface area contributed by atoms with Crippen molar-refractivity contribution in [3.63, 3.8) is 0 Å². The summed E-state index contributed by atoms with van der Waals surface area (Å²) in [6.07, 6.45) is 3.09. The maximum absolute atomic E-state index is 12.4. The van der Waals surface area contributed by atoms with Crippen molar-refractivity contribution in [2.75, 3.05) is 5.32 Å². The van der Waals surface area contributed by atoms with Crippen molar-refractivity contribution in [1.29, 1.82) is 0 Å². The van der Waals surface area contributed by atoms with E-state index < -0.39 is 4.92 Å². The number of rotatable bonds is 5. The highest BCUT2D eigenvalue weighted by molar-refractivity contribution is 6.30. The second-order valence-electron chi connectivity index (χ2n) is 6.35. The molecule has 4 rings (SSSR count). The number of fused-ring (bicyclic) bond motifs is 1. The molecule has 0 fully saturated rings. The first-order valence-corrected chi connectivity index (χ1v) is 9.26. The van der Waals surface area contributed by atoms with Crippen molar-refractivity contribution in [3.8, 4) is 11.5 Å². The monoisotopic (exact) mass is 419 g/mol. The van der Waals surface area contributed by atoms with Crippen molar-refractivity contribution >= 4 is 46.1 Å². The van der Waals surface area contributed by atoms with Crippen LogP contribution in [0.3, 0.4) is 0 Å². The first-order chi connectivity index (χ1) is 14.5. The number of amides is 1. The Morgan fingerprint density at radius 2 is 1.87 bits per heavy atom. The smallest absolute Gasteiger partial charge is 0.271 e. The van der Waals surface area contributed by atoms with Gasteiger partial charge in [0, 0.05) is 23.2 Å². The summed E-state index contributed by atoms with van der Waals surface area (Å²) >= 11 is 5.86. The Kier molecular flexibility index (Phi) is 5.28. The number of nitro groups is 1. The Hall–Kier alpha value is -3.97. The molecule has 30 heavy (non-hydrogen) atoms. The molecule has 4 aromatic rings. The summed E-state index contributed by atoms with van der Waals surface area (Å²) in [4.78, 5) is 27.2. The molecule has 1 N–H and O–H groups in total. The minimum Gasteiger partial charge on any atom is -0.436 e. The van der Waals surface area contributed by atoms with Crippen LogP contribution in [0.25, 0.3) is 28.6 Å². The molecule has 0 aliphatic carbocycles. The van der Waals surface area contributed by atoms with Gasteiger partial charge in [-0.15, -0.1) is 0 Å². The predicted molar refractivity (Wildman–Crippen MR) is 115 cm³/mol. The van der Waals surface area contributed by atoms with E-state index >= 15 is 0 Å². The quantitative estimate of drug-likeness (QED) is 0.254. The molecule has 0 unspecified atom stereocenters. The summed E-state index contributed by atoms with van der Waals surface area (Å²) in [5.41, 5.74) is 2.61. The van der Waals surface area contributed by atoms with Crippen molar-refractivity contribution in [2.45, 2.75) is 0 Å². The third-order valence-electron chi connectivity index (χ3n) is 4.29. The topological polar surface area (TPSA) is 98.3 Å². The molecule has 0 saturated heterocycles. The van der Waals surface area contributed by atoms with E-state index in [0.29, 0.717) is 27.4 Å². The molecular weight excluding hydrogens is 406 g/mol. The number of hydrogen-bond donors (Lipinski definition) is 1. The molecule has 0 radical (unpaired) electrons. The first-order valence-electron chi connectivity index (χ1n) is 8.88. The molecular formula is C22H14ClN3O4. The van der Waals surface area contributed by atoms with Crippen LogP contribution in [-0.2, 0) is 4.79 Å². The number of nitrogens with one attached hydrogen (secondary N) is 1. The molecule has 148 valence electrons. The van der Waals surface area contributed by atoms with E-state index in [9.17, 15) is 14.9 Å². The summed E-state index contributed by atoms with van der Waals surface area (Å²) in [5, 5.41) is 14.4. The molecule has 0 spiro atoms. The van der Waals surface area contributed by atoms with Gasteiger partial charge in [-0.05, 0) is 42.0 Å². The van der Waals surface area contributed by atoms with Crippen molar-refractivity contribution in [2.24, 2.45) is 0 Å². The number of para-hydroxylation sites is 1. The highest BCUT2D eigenvalue weighted by Crippen LogP contribution is 2.31. The molecule has 7 nitrogen and oxygen atoms in total.